The third-order valence-electron chi connectivity index (χ3n) is 3.22. The number of phenolic OH excluding ortho intramolecular Hbond substituents is 1. The van der Waals surface area contributed by atoms with Crippen LogP contribution in [0, 0.1) is 10.1 Å². The molecule has 118 valence electrons. The van der Waals surface area contributed by atoms with Crippen LogP contribution in [0.15, 0.2) is 47.6 Å². The highest BCUT2D eigenvalue weighted by Crippen LogP contribution is 2.21. The van der Waals surface area contributed by atoms with Gasteiger partial charge in [-0.2, -0.15) is 5.10 Å². The molecule has 23 heavy (non-hydrogen) atoms. The van der Waals surface area contributed by atoms with Gasteiger partial charge in [-0.05, 0) is 30.2 Å². The van der Waals surface area contributed by atoms with E-state index in [1.54, 1.807) is 12.1 Å². The lowest BCUT2D eigenvalue weighted by molar-refractivity contribution is -0.384. The molecule has 1 amide bonds. The molecule has 0 atom stereocenters. The van der Waals surface area contributed by atoms with E-state index in [9.17, 15) is 20.0 Å². The van der Waals surface area contributed by atoms with Crippen molar-refractivity contribution in [2.75, 3.05) is 0 Å². The van der Waals surface area contributed by atoms with Crippen LogP contribution >= 0.6 is 0 Å². The van der Waals surface area contributed by atoms with Crippen LogP contribution in [0.2, 0.25) is 0 Å². The van der Waals surface area contributed by atoms with E-state index in [0.717, 1.165) is 18.2 Å². The van der Waals surface area contributed by atoms with Crippen molar-refractivity contribution in [3.8, 4) is 5.75 Å². The Bertz CT molecular complexity index is 754. The Kier molecular flexibility index (Phi) is 5.03. The molecule has 0 aliphatic rings. The number of nitrogens with zero attached hydrogens (tertiary/aromatic N) is 2. The Morgan fingerprint density at radius 1 is 1.30 bits per heavy atom. The molecule has 0 bridgehead atoms. The number of hydrogen-bond acceptors (Lipinski definition) is 5. The van der Waals surface area contributed by atoms with Gasteiger partial charge in [0.15, 0.2) is 0 Å². The first-order valence-corrected chi connectivity index (χ1v) is 6.91. The first kappa shape index (κ1) is 16.2. The van der Waals surface area contributed by atoms with Crippen molar-refractivity contribution in [2.45, 2.75) is 13.3 Å². The molecule has 2 aromatic carbocycles. The summed E-state index contributed by atoms with van der Waals surface area (Å²) in [6.45, 7) is 2.02. The van der Waals surface area contributed by atoms with Gasteiger partial charge in [-0.25, -0.2) is 5.43 Å². The van der Waals surface area contributed by atoms with Gasteiger partial charge in [-0.1, -0.05) is 19.1 Å². The molecule has 0 spiro atoms. The first-order chi connectivity index (χ1) is 11.0. The summed E-state index contributed by atoms with van der Waals surface area (Å²) in [4.78, 5) is 22.0. The second kappa shape index (κ2) is 7.17. The average molecular weight is 313 g/mol. The maximum Gasteiger partial charge on any atom is 0.271 e. The number of aromatic hydroxyl groups is 1. The first-order valence-electron chi connectivity index (χ1n) is 6.91. The number of non-ortho nitro benzene ring substituents is 1. The van der Waals surface area contributed by atoms with Gasteiger partial charge in [0, 0.05) is 23.3 Å². The molecule has 0 fully saturated rings. The van der Waals surface area contributed by atoms with Crippen molar-refractivity contribution in [3.63, 3.8) is 0 Å². The maximum absolute atomic E-state index is 11.9. The number of carbonyl (C=O) groups is 1. The van der Waals surface area contributed by atoms with Crippen LogP contribution in [-0.4, -0.2) is 22.2 Å². The summed E-state index contributed by atoms with van der Waals surface area (Å²) in [6.07, 6.45) is 2.03. The van der Waals surface area contributed by atoms with E-state index in [1.165, 1.54) is 18.2 Å². The SMILES string of the molecule is CCc1ccc(C(=O)N/N=C/c2cc([N+](=O)[O-])ccc2O)cc1. The molecule has 0 radical (unpaired) electrons. The number of carbonyl (C=O) groups excluding carboxylic acids is 1. The number of nitro groups is 1. The van der Waals surface area contributed by atoms with E-state index in [-0.39, 0.29) is 17.0 Å². The number of nitrogens with one attached hydrogen (secondary N) is 1. The Hall–Kier alpha value is -3.22. The van der Waals surface area contributed by atoms with Gasteiger partial charge in [-0.3, -0.25) is 14.9 Å². The predicted molar refractivity (Wildman–Crippen MR) is 85.6 cm³/mol. The van der Waals surface area contributed by atoms with Gasteiger partial charge >= 0.3 is 0 Å². The van der Waals surface area contributed by atoms with Crippen LogP contribution < -0.4 is 5.43 Å². The average Bonchev–Trinajstić information content (AvgIpc) is 2.56. The second-order valence-electron chi connectivity index (χ2n) is 4.75. The highest BCUT2D eigenvalue weighted by molar-refractivity contribution is 5.95. The van der Waals surface area contributed by atoms with Gasteiger partial charge in [-0.15, -0.1) is 0 Å². The van der Waals surface area contributed by atoms with Crippen molar-refractivity contribution in [3.05, 3.63) is 69.3 Å². The zero-order chi connectivity index (χ0) is 16.8. The quantitative estimate of drug-likeness (QED) is 0.503. The lowest BCUT2D eigenvalue weighted by Gasteiger charge is -2.02. The highest BCUT2D eigenvalue weighted by atomic mass is 16.6. The Morgan fingerprint density at radius 3 is 2.61 bits per heavy atom. The molecule has 0 unspecified atom stereocenters. The number of phenols is 1. The number of hydrogen-bond donors (Lipinski definition) is 2. The van der Waals surface area contributed by atoms with Crippen LogP contribution in [0.1, 0.15) is 28.4 Å². The molecule has 0 aliphatic carbocycles. The van der Waals surface area contributed by atoms with Crippen molar-refractivity contribution in [2.24, 2.45) is 5.10 Å². The van der Waals surface area contributed by atoms with E-state index < -0.39 is 10.8 Å². The Labute approximate surface area is 132 Å². The van der Waals surface area contributed by atoms with Crippen LogP contribution in [-0.2, 0) is 6.42 Å². The van der Waals surface area contributed by atoms with E-state index in [0.29, 0.717) is 5.56 Å². The number of rotatable bonds is 5. The van der Waals surface area contributed by atoms with Crippen LogP contribution in [0.4, 0.5) is 5.69 Å². The predicted octanol–water partition coefficient (Wildman–Crippen LogP) is 2.63. The molecule has 0 aliphatic heterocycles. The van der Waals surface area contributed by atoms with Gasteiger partial charge in [0.2, 0.25) is 0 Å². The largest absolute Gasteiger partial charge is 0.507 e. The van der Waals surface area contributed by atoms with E-state index in [1.807, 2.05) is 19.1 Å². The minimum absolute atomic E-state index is 0.140. The van der Waals surface area contributed by atoms with Crippen molar-refractivity contribution in [1.82, 2.24) is 5.43 Å². The molecule has 0 heterocycles. The summed E-state index contributed by atoms with van der Waals surface area (Å²) >= 11 is 0. The minimum atomic E-state index is -0.579. The number of nitro benzene ring substituents is 1. The molecule has 0 aromatic heterocycles. The smallest absolute Gasteiger partial charge is 0.271 e. The van der Waals surface area contributed by atoms with Gasteiger partial charge in [0.1, 0.15) is 5.75 Å². The topological polar surface area (TPSA) is 105 Å². The molecule has 2 rings (SSSR count). The summed E-state index contributed by atoms with van der Waals surface area (Å²) in [5, 5.41) is 24.0. The minimum Gasteiger partial charge on any atom is -0.507 e. The van der Waals surface area contributed by atoms with Crippen molar-refractivity contribution in [1.29, 1.82) is 0 Å². The summed E-state index contributed by atoms with van der Waals surface area (Å²) in [6, 6.07) is 10.6. The lowest BCUT2D eigenvalue weighted by Crippen LogP contribution is -2.17. The fourth-order valence-corrected chi connectivity index (χ4v) is 1.88. The summed E-state index contributed by atoms with van der Waals surface area (Å²) in [7, 11) is 0. The number of aryl methyl sites for hydroxylation is 1. The molecular formula is C16H15N3O4. The van der Waals surface area contributed by atoms with Crippen molar-refractivity contribution < 1.29 is 14.8 Å². The van der Waals surface area contributed by atoms with Gasteiger partial charge in [0.05, 0.1) is 11.1 Å². The Morgan fingerprint density at radius 2 is 2.00 bits per heavy atom. The fourth-order valence-electron chi connectivity index (χ4n) is 1.88. The van der Waals surface area contributed by atoms with E-state index >= 15 is 0 Å². The van der Waals surface area contributed by atoms with Gasteiger partial charge in [0.25, 0.3) is 11.6 Å². The molecular weight excluding hydrogens is 298 g/mol. The number of hydrazone groups is 1. The third kappa shape index (κ3) is 4.13. The molecule has 7 heteroatoms. The van der Waals surface area contributed by atoms with Crippen molar-refractivity contribution >= 4 is 17.8 Å². The highest BCUT2D eigenvalue weighted by Gasteiger charge is 2.09. The van der Waals surface area contributed by atoms with E-state index in [4.69, 9.17) is 0 Å². The summed E-state index contributed by atoms with van der Waals surface area (Å²) in [5.41, 5.74) is 3.84. The molecule has 2 N–H and O–H groups in total. The fraction of sp³-hybridized carbons (Fsp3) is 0.125. The molecule has 7 nitrogen and oxygen atoms in total. The normalized spacial score (nSPS) is 10.7. The molecule has 2 aromatic rings. The zero-order valence-corrected chi connectivity index (χ0v) is 12.4. The van der Waals surface area contributed by atoms with Gasteiger partial charge < -0.3 is 5.11 Å². The maximum atomic E-state index is 11.9. The second-order valence-corrected chi connectivity index (χ2v) is 4.75. The van der Waals surface area contributed by atoms with E-state index in [2.05, 4.69) is 10.5 Å². The molecule has 0 saturated carbocycles. The lowest BCUT2D eigenvalue weighted by atomic mass is 10.1. The van der Waals surface area contributed by atoms with Crippen LogP contribution in [0.5, 0.6) is 5.75 Å². The molecule has 0 saturated heterocycles. The Balaban J connectivity index is 2.07. The van der Waals surface area contributed by atoms with Crippen LogP contribution in [0.3, 0.4) is 0 Å². The van der Waals surface area contributed by atoms with Crippen LogP contribution in [0.25, 0.3) is 0 Å². The third-order valence-corrected chi connectivity index (χ3v) is 3.22. The monoisotopic (exact) mass is 313 g/mol. The number of benzene rings is 2. The number of amides is 1. The standard InChI is InChI=1S/C16H15N3O4/c1-2-11-3-5-12(6-4-11)16(21)18-17-10-13-9-14(19(22)23)7-8-15(13)20/h3-10,20H,2H2,1H3,(H,18,21)/b17-10+. The summed E-state index contributed by atoms with van der Waals surface area (Å²) in [5.74, 6) is -0.574. The zero-order valence-electron chi connectivity index (χ0n) is 12.4. The summed E-state index contributed by atoms with van der Waals surface area (Å²) < 4.78 is 0.